The van der Waals surface area contributed by atoms with Gasteiger partial charge < -0.3 is 15.3 Å². The summed E-state index contributed by atoms with van der Waals surface area (Å²) in [4.78, 5) is 40.4. The van der Waals surface area contributed by atoms with Crippen LogP contribution in [-0.2, 0) is 17.2 Å². The van der Waals surface area contributed by atoms with Gasteiger partial charge in [-0.1, -0.05) is 19.3 Å². The lowest BCUT2D eigenvalue weighted by molar-refractivity contribution is -0.120. The van der Waals surface area contributed by atoms with Crippen LogP contribution in [0.1, 0.15) is 96.3 Å². The first-order chi connectivity index (χ1) is 14.2. The normalized spacial score (nSPS) is 25.7. The molecule has 0 radical (unpaired) electrons. The fourth-order valence-corrected chi connectivity index (χ4v) is 5.64. The predicted octanol–water partition coefficient (Wildman–Crippen LogP) is 0.999. The third kappa shape index (κ3) is 3.40. The minimum atomic E-state index is -1.72. The number of hydrogen-bond acceptors (Lipinski definition) is 6. The van der Waals surface area contributed by atoms with Crippen LogP contribution in [0.15, 0.2) is 14.4 Å². The van der Waals surface area contributed by atoms with E-state index in [1.807, 2.05) is 0 Å². The molecule has 3 saturated carbocycles. The van der Waals surface area contributed by atoms with Gasteiger partial charge in [-0.05, 0) is 77.0 Å². The van der Waals surface area contributed by atoms with Crippen molar-refractivity contribution >= 4 is 0 Å². The van der Waals surface area contributed by atoms with Gasteiger partial charge in [-0.15, -0.1) is 0 Å². The van der Waals surface area contributed by atoms with Gasteiger partial charge in [-0.25, -0.2) is 28.1 Å². The van der Waals surface area contributed by atoms with Gasteiger partial charge in [0.05, 0.1) is 0 Å². The fraction of sp³-hybridized carbons (Fsp3) is 0.857. The largest absolute Gasteiger partial charge is 0.370 e. The van der Waals surface area contributed by atoms with Gasteiger partial charge >= 0.3 is 17.1 Å². The number of aromatic nitrogens is 3. The standard InChI is InChI=1S/C21H33N3O6/c25-16-22(19(28)10-4-1-5-11-19)17(26)24(21(30)14-8-3-9-15-21)18(27)23(16)20(29)12-6-2-7-13-20/h28-30H,1-15H2. The summed E-state index contributed by atoms with van der Waals surface area (Å²) in [7, 11) is 0. The van der Waals surface area contributed by atoms with Crippen molar-refractivity contribution in [3.05, 3.63) is 31.5 Å². The lowest BCUT2D eigenvalue weighted by atomic mass is 9.90. The summed E-state index contributed by atoms with van der Waals surface area (Å²) in [6.07, 6.45) is 7.87. The predicted molar refractivity (Wildman–Crippen MR) is 109 cm³/mol. The van der Waals surface area contributed by atoms with E-state index in [1.165, 1.54) is 0 Å². The van der Waals surface area contributed by atoms with E-state index < -0.39 is 34.2 Å². The van der Waals surface area contributed by atoms with Crippen LogP contribution in [0.5, 0.6) is 0 Å². The van der Waals surface area contributed by atoms with E-state index in [-0.39, 0.29) is 38.5 Å². The fourth-order valence-electron chi connectivity index (χ4n) is 5.64. The zero-order valence-electron chi connectivity index (χ0n) is 17.5. The minimum absolute atomic E-state index is 0.219. The van der Waals surface area contributed by atoms with Crippen LogP contribution in [0.2, 0.25) is 0 Å². The van der Waals surface area contributed by atoms with Crippen LogP contribution in [0, 0.1) is 0 Å². The molecule has 1 aromatic heterocycles. The van der Waals surface area contributed by atoms with Gasteiger partial charge in [-0.2, -0.15) is 0 Å². The molecule has 0 aliphatic heterocycles. The maximum absolute atomic E-state index is 13.5. The lowest BCUT2D eigenvalue weighted by Crippen LogP contribution is -2.67. The van der Waals surface area contributed by atoms with Gasteiger partial charge in [0.1, 0.15) is 0 Å². The Bertz CT molecular complexity index is 802. The van der Waals surface area contributed by atoms with Gasteiger partial charge in [0.2, 0.25) is 0 Å². The van der Waals surface area contributed by atoms with Crippen molar-refractivity contribution in [2.45, 2.75) is 113 Å². The Morgan fingerprint density at radius 2 is 0.633 bits per heavy atom. The SMILES string of the molecule is O=c1n(C2(O)CCCCC2)c(=O)n(C2(O)CCCCC2)c(=O)n1C1(O)CCCCC1. The molecule has 0 atom stereocenters. The third-order valence-corrected chi connectivity index (χ3v) is 7.36. The molecule has 3 aliphatic carbocycles. The van der Waals surface area contributed by atoms with Gasteiger partial charge in [-0.3, -0.25) is 0 Å². The Morgan fingerprint density at radius 3 is 0.833 bits per heavy atom. The molecule has 1 heterocycles. The van der Waals surface area contributed by atoms with Crippen LogP contribution < -0.4 is 17.1 Å². The molecular weight excluding hydrogens is 390 g/mol. The molecule has 0 unspecified atom stereocenters. The van der Waals surface area contributed by atoms with Crippen molar-refractivity contribution in [1.29, 1.82) is 0 Å². The first kappa shape index (κ1) is 21.5. The van der Waals surface area contributed by atoms with Crippen molar-refractivity contribution in [3.8, 4) is 0 Å². The average molecular weight is 424 g/mol. The quantitative estimate of drug-likeness (QED) is 0.666. The molecule has 0 saturated heterocycles. The summed E-state index contributed by atoms with van der Waals surface area (Å²) >= 11 is 0. The summed E-state index contributed by atoms with van der Waals surface area (Å²) in [6.45, 7) is 0. The van der Waals surface area contributed by atoms with E-state index in [9.17, 15) is 29.7 Å². The molecule has 4 rings (SSSR count). The van der Waals surface area contributed by atoms with Gasteiger partial charge in [0.15, 0.2) is 17.2 Å². The second kappa shape index (κ2) is 7.76. The molecule has 0 amide bonds. The maximum Gasteiger partial charge on any atom is 0.341 e. The summed E-state index contributed by atoms with van der Waals surface area (Å²) in [5, 5.41) is 33.8. The Hall–Kier alpha value is -1.71. The zero-order chi connectivity index (χ0) is 21.6. The minimum Gasteiger partial charge on any atom is -0.370 e. The number of rotatable bonds is 3. The molecule has 1 aromatic rings. The summed E-state index contributed by atoms with van der Waals surface area (Å²) in [5.41, 5.74) is -8.10. The van der Waals surface area contributed by atoms with E-state index in [0.717, 1.165) is 33.0 Å². The van der Waals surface area contributed by atoms with Crippen molar-refractivity contribution in [2.75, 3.05) is 0 Å². The highest BCUT2D eigenvalue weighted by molar-refractivity contribution is 4.96. The average Bonchev–Trinajstić information content (AvgIpc) is 2.69. The van der Waals surface area contributed by atoms with Crippen LogP contribution >= 0.6 is 0 Å². The van der Waals surface area contributed by atoms with Crippen molar-refractivity contribution in [3.63, 3.8) is 0 Å². The van der Waals surface area contributed by atoms with Gasteiger partial charge in [0.25, 0.3) is 0 Å². The molecular formula is C21H33N3O6. The molecule has 30 heavy (non-hydrogen) atoms. The first-order valence-electron chi connectivity index (χ1n) is 11.4. The van der Waals surface area contributed by atoms with E-state index in [4.69, 9.17) is 0 Å². The van der Waals surface area contributed by atoms with E-state index in [1.54, 1.807) is 0 Å². The Morgan fingerprint density at radius 1 is 0.433 bits per heavy atom. The molecule has 0 bridgehead atoms. The number of aliphatic hydroxyl groups is 3. The monoisotopic (exact) mass is 423 g/mol. The molecule has 3 N–H and O–H groups in total. The molecule has 9 heteroatoms. The van der Waals surface area contributed by atoms with Crippen LogP contribution in [0.25, 0.3) is 0 Å². The van der Waals surface area contributed by atoms with E-state index >= 15 is 0 Å². The van der Waals surface area contributed by atoms with Gasteiger partial charge in [0, 0.05) is 0 Å². The molecule has 0 spiro atoms. The Kier molecular flexibility index (Phi) is 5.57. The first-order valence-corrected chi connectivity index (χ1v) is 11.4. The topological polar surface area (TPSA) is 127 Å². The highest BCUT2D eigenvalue weighted by Crippen LogP contribution is 2.34. The highest BCUT2D eigenvalue weighted by atomic mass is 16.3. The molecule has 3 aliphatic rings. The van der Waals surface area contributed by atoms with Crippen LogP contribution in [0.3, 0.4) is 0 Å². The van der Waals surface area contributed by atoms with Crippen LogP contribution in [-0.4, -0.2) is 29.0 Å². The summed E-state index contributed by atoms with van der Waals surface area (Å²) in [5.74, 6) is 0. The smallest absolute Gasteiger partial charge is 0.341 e. The third-order valence-electron chi connectivity index (χ3n) is 7.36. The Labute approximate surface area is 174 Å². The van der Waals surface area contributed by atoms with Crippen LogP contribution in [0.4, 0.5) is 0 Å². The van der Waals surface area contributed by atoms with E-state index in [0.29, 0.717) is 38.5 Å². The summed E-state index contributed by atoms with van der Waals surface area (Å²) in [6, 6.07) is 0. The summed E-state index contributed by atoms with van der Waals surface area (Å²) < 4.78 is 2.23. The molecule has 9 nitrogen and oxygen atoms in total. The maximum atomic E-state index is 13.5. The lowest BCUT2D eigenvalue weighted by Gasteiger charge is -2.40. The second-order valence-electron chi connectivity index (χ2n) is 9.48. The Balaban J connectivity index is 2.02. The second-order valence-corrected chi connectivity index (χ2v) is 9.48. The highest BCUT2D eigenvalue weighted by Gasteiger charge is 2.44. The van der Waals surface area contributed by atoms with Crippen molar-refractivity contribution < 1.29 is 15.3 Å². The molecule has 0 aromatic carbocycles. The molecule has 168 valence electrons. The van der Waals surface area contributed by atoms with Crippen molar-refractivity contribution in [2.24, 2.45) is 0 Å². The van der Waals surface area contributed by atoms with Crippen molar-refractivity contribution in [1.82, 2.24) is 13.7 Å². The number of nitrogens with zero attached hydrogens (tertiary/aromatic N) is 3. The molecule has 3 fully saturated rings. The zero-order valence-corrected chi connectivity index (χ0v) is 17.5. The van der Waals surface area contributed by atoms with E-state index in [2.05, 4.69) is 0 Å². The number of hydrogen-bond donors (Lipinski definition) is 3.